The summed E-state index contributed by atoms with van der Waals surface area (Å²) < 4.78 is 5.68. The van der Waals surface area contributed by atoms with Crippen molar-refractivity contribution in [2.24, 2.45) is 0 Å². The summed E-state index contributed by atoms with van der Waals surface area (Å²) in [5, 5.41) is 8.99. The first-order valence-corrected chi connectivity index (χ1v) is 7.36. The van der Waals surface area contributed by atoms with Crippen molar-refractivity contribution in [3.8, 4) is 11.8 Å². The summed E-state index contributed by atoms with van der Waals surface area (Å²) >= 11 is 0. The number of nitrogens with zero attached hydrogens (tertiary/aromatic N) is 3. The Morgan fingerprint density at radius 2 is 2.00 bits per heavy atom. The molecule has 1 aromatic rings. The summed E-state index contributed by atoms with van der Waals surface area (Å²) in [5.41, 5.74) is 0.566. The van der Waals surface area contributed by atoms with Gasteiger partial charge >= 0.3 is 0 Å². The number of benzene rings is 1. The molecule has 1 aliphatic heterocycles. The van der Waals surface area contributed by atoms with Crippen LogP contribution in [0, 0.1) is 11.3 Å². The van der Waals surface area contributed by atoms with E-state index in [0.717, 1.165) is 32.7 Å². The fraction of sp³-hybridized carbons (Fsp3) is 0.500. The van der Waals surface area contributed by atoms with E-state index in [1.54, 1.807) is 6.07 Å². The van der Waals surface area contributed by atoms with E-state index in [4.69, 9.17) is 10.00 Å². The molecule has 1 saturated heterocycles. The molecule has 1 aliphatic rings. The predicted octanol–water partition coefficient (Wildman–Crippen LogP) is 1.49. The number of piperazine rings is 1. The fourth-order valence-electron chi connectivity index (χ4n) is 2.41. The Hall–Kier alpha value is -2.06. The first-order chi connectivity index (χ1) is 10.2. The molecule has 1 heterocycles. The maximum atomic E-state index is 11.6. The molecule has 5 heteroatoms. The Morgan fingerprint density at radius 3 is 2.67 bits per heavy atom. The van der Waals surface area contributed by atoms with Crippen LogP contribution in [0.25, 0.3) is 0 Å². The zero-order chi connectivity index (χ0) is 15.1. The summed E-state index contributed by atoms with van der Waals surface area (Å²) in [6, 6.07) is 9.39. The van der Waals surface area contributed by atoms with Crippen molar-refractivity contribution < 1.29 is 9.53 Å². The van der Waals surface area contributed by atoms with Gasteiger partial charge in [-0.25, -0.2) is 0 Å². The molecule has 0 unspecified atom stereocenters. The van der Waals surface area contributed by atoms with E-state index < -0.39 is 0 Å². The highest BCUT2D eigenvalue weighted by Gasteiger charge is 2.19. The molecule has 0 spiro atoms. The fourth-order valence-corrected chi connectivity index (χ4v) is 2.41. The second-order valence-electron chi connectivity index (χ2n) is 5.03. The normalized spacial score (nSPS) is 15.5. The lowest BCUT2D eigenvalue weighted by Crippen LogP contribution is -2.49. The maximum absolute atomic E-state index is 11.6. The number of amides is 1. The Labute approximate surface area is 125 Å². The third-order valence-electron chi connectivity index (χ3n) is 3.70. The van der Waals surface area contributed by atoms with E-state index in [1.165, 1.54) is 0 Å². The number of hydrogen-bond donors (Lipinski definition) is 0. The second-order valence-corrected chi connectivity index (χ2v) is 5.03. The summed E-state index contributed by atoms with van der Waals surface area (Å²) in [4.78, 5) is 15.8. The minimum absolute atomic E-state index is 0.230. The number of para-hydroxylation sites is 1. The molecule has 21 heavy (non-hydrogen) atoms. The van der Waals surface area contributed by atoms with Crippen molar-refractivity contribution in [3.05, 3.63) is 29.8 Å². The van der Waals surface area contributed by atoms with E-state index in [2.05, 4.69) is 11.0 Å². The number of rotatable bonds is 5. The Bertz CT molecular complexity index is 516. The van der Waals surface area contributed by atoms with Gasteiger partial charge in [0.2, 0.25) is 5.91 Å². The topological polar surface area (TPSA) is 56.6 Å². The molecule has 0 aliphatic carbocycles. The molecule has 2 rings (SSSR count). The zero-order valence-electron chi connectivity index (χ0n) is 12.4. The number of hydrogen-bond acceptors (Lipinski definition) is 4. The zero-order valence-corrected chi connectivity index (χ0v) is 12.4. The standard InChI is InChI=1S/C16H21N3O2/c1-2-16(20)19-9-7-18(8-10-19)11-12-21-15-6-4-3-5-14(15)13-17/h3-6H,2,7-12H2,1H3. The van der Waals surface area contributed by atoms with Crippen LogP contribution in [0.3, 0.4) is 0 Å². The molecule has 1 amide bonds. The van der Waals surface area contributed by atoms with Crippen LogP contribution in [0.1, 0.15) is 18.9 Å². The smallest absolute Gasteiger partial charge is 0.222 e. The van der Waals surface area contributed by atoms with E-state index in [9.17, 15) is 4.79 Å². The van der Waals surface area contributed by atoms with Crippen molar-refractivity contribution in [1.29, 1.82) is 5.26 Å². The van der Waals surface area contributed by atoms with Crippen molar-refractivity contribution in [2.45, 2.75) is 13.3 Å². The first-order valence-electron chi connectivity index (χ1n) is 7.36. The molecule has 1 aromatic carbocycles. The minimum atomic E-state index is 0.230. The SMILES string of the molecule is CCC(=O)N1CCN(CCOc2ccccc2C#N)CC1. The molecule has 0 aromatic heterocycles. The lowest BCUT2D eigenvalue weighted by Gasteiger charge is -2.34. The molecular weight excluding hydrogens is 266 g/mol. The number of nitriles is 1. The van der Waals surface area contributed by atoms with Crippen molar-refractivity contribution >= 4 is 5.91 Å². The van der Waals surface area contributed by atoms with Gasteiger partial charge in [-0.3, -0.25) is 9.69 Å². The van der Waals surface area contributed by atoms with Crippen LogP contribution in [-0.4, -0.2) is 55.0 Å². The predicted molar refractivity (Wildman–Crippen MR) is 80.0 cm³/mol. The molecule has 0 bridgehead atoms. The minimum Gasteiger partial charge on any atom is -0.491 e. The quantitative estimate of drug-likeness (QED) is 0.823. The second kappa shape index (κ2) is 7.65. The molecule has 0 radical (unpaired) electrons. The van der Waals surface area contributed by atoms with E-state index >= 15 is 0 Å². The van der Waals surface area contributed by atoms with Crippen LogP contribution in [0.5, 0.6) is 5.75 Å². The van der Waals surface area contributed by atoms with Gasteiger partial charge in [-0.05, 0) is 12.1 Å². The van der Waals surface area contributed by atoms with E-state index in [-0.39, 0.29) is 5.91 Å². The summed E-state index contributed by atoms with van der Waals surface area (Å²) in [5.74, 6) is 0.869. The van der Waals surface area contributed by atoms with Gasteiger partial charge in [-0.1, -0.05) is 19.1 Å². The first kappa shape index (κ1) is 15.3. The van der Waals surface area contributed by atoms with Crippen molar-refractivity contribution in [2.75, 3.05) is 39.3 Å². The van der Waals surface area contributed by atoms with Gasteiger partial charge in [0.1, 0.15) is 18.4 Å². The highest BCUT2D eigenvalue weighted by Crippen LogP contribution is 2.16. The molecule has 0 saturated carbocycles. The van der Waals surface area contributed by atoms with Crippen LogP contribution in [-0.2, 0) is 4.79 Å². The Morgan fingerprint density at radius 1 is 1.29 bits per heavy atom. The highest BCUT2D eigenvalue weighted by atomic mass is 16.5. The third kappa shape index (κ3) is 4.20. The molecule has 0 atom stereocenters. The van der Waals surface area contributed by atoms with Gasteiger partial charge in [-0.15, -0.1) is 0 Å². The van der Waals surface area contributed by atoms with Gasteiger partial charge in [-0.2, -0.15) is 5.26 Å². The van der Waals surface area contributed by atoms with Crippen LogP contribution < -0.4 is 4.74 Å². The lowest BCUT2D eigenvalue weighted by molar-refractivity contribution is -0.132. The third-order valence-corrected chi connectivity index (χ3v) is 3.70. The van der Waals surface area contributed by atoms with Crippen molar-refractivity contribution in [3.63, 3.8) is 0 Å². The van der Waals surface area contributed by atoms with Crippen LogP contribution in [0.2, 0.25) is 0 Å². The Balaban J connectivity index is 1.73. The largest absolute Gasteiger partial charge is 0.491 e. The molecule has 5 nitrogen and oxygen atoms in total. The summed E-state index contributed by atoms with van der Waals surface area (Å²) in [6.45, 7) is 6.62. The van der Waals surface area contributed by atoms with Gasteiger partial charge in [0.15, 0.2) is 0 Å². The summed E-state index contributed by atoms with van der Waals surface area (Å²) in [6.07, 6.45) is 0.577. The summed E-state index contributed by atoms with van der Waals surface area (Å²) in [7, 11) is 0. The van der Waals surface area contributed by atoms with E-state index in [0.29, 0.717) is 24.3 Å². The van der Waals surface area contributed by atoms with Crippen molar-refractivity contribution in [1.82, 2.24) is 9.80 Å². The van der Waals surface area contributed by atoms with Crippen LogP contribution in [0.15, 0.2) is 24.3 Å². The van der Waals surface area contributed by atoms with Gasteiger partial charge in [0, 0.05) is 39.1 Å². The van der Waals surface area contributed by atoms with Gasteiger partial charge in [0.05, 0.1) is 5.56 Å². The van der Waals surface area contributed by atoms with Gasteiger partial charge < -0.3 is 9.64 Å². The Kier molecular flexibility index (Phi) is 5.59. The highest BCUT2D eigenvalue weighted by molar-refractivity contribution is 5.75. The number of ether oxygens (including phenoxy) is 1. The lowest BCUT2D eigenvalue weighted by atomic mass is 10.2. The van der Waals surface area contributed by atoms with Crippen LogP contribution >= 0.6 is 0 Å². The van der Waals surface area contributed by atoms with Crippen LogP contribution in [0.4, 0.5) is 0 Å². The average Bonchev–Trinajstić information content (AvgIpc) is 2.55. The molecule has 0 N–H and O–H groups in total. The van der Waals surface area contributed by atoms with Gasteiger partial charge in [0.25, 0.3) is 0 Å². The average molecular weight is 287 g/mol. The molecular formula is C16H21N3O2. The maximum Gasteiger partial charge on any atom is 0.222 e. The van der Waals surface area contributed by atoms with E-state index in [1.807, 2.05) is 30.0 Å². The number of carbonyl (C=O) groups excluding carboxylic acids is 1. The number of carbonyl (C=O) groups is 1. The molecule has 1 fully saturated rings. The monoisotopic (exact) mass is 287 g/mol. The molecule has 112 valence electrons.